The molecule has 1 aliphatic rings. The number of rotatable bonds is 6. The summed E-state index contributed by atoms with van der Waals surface area (Å²) in [5.41, 5.74) is -0.844. The molecule has 0 aliphatic carbocycles. The first-order chi connectivity index (χ1) is 11.3. The van der Waals surface area contributed by atoms with E-state index in [1.807, 2.05) is 0 Å². The number of benzene rings is 1. The fraction of sp³-hybridized carbons (Fsp3) is 0.400. The number of carbonyl (C=O) groups is 1. The number of halogens is 5. The van der Waals surface area contributed by atoms with Gasteiger partial charge >= 0.3 is 0 Å². The predicted molar refractivity (Wildman–Crippen MR) is 92.2 cm³/mol. The second kappa shape index (κ2) is 10.5. The largest absolute Gasteiger partial charge is 0.483 e. The van der Waals surface area contributed by atoms with Gasteiger partial charge in [-0.25, -0.2) is 23.6 Å². The zero-order chi connectivity index (χ0) is 17.9. The van der Waals surface area contributed by atoms with Crippen LogP contribution in [-0.2, 0) is 37.5 Å². The van der Waals surface area contributed by atoms with Crippen molar-refractivity contribution in [1.82, 2.24) is 4.90 Å². The molecule has 1 atom stereocenters. The molecule has 0 aromatic heterocycles. The molecule has 1 aromatic carbocycles. The number of thioether (sulfide) groups is 1. The average molecular weight is 563 g/mol. The number of alkyl halides is 3. The second-order valence-electron chi connectivity index (χ2n) is 4.85. The molecule has 10 heteroatoms. The molecule has 135 valence electrons. The predicted octanol–water partition coefficient (Wildman–Crippen LogP) is 4.11. The van der Waals surface area contributed by atoms with Gasteiger partial charge in [0.1, 0.15) is 11.7 Å². The number of amides is 1. The van der Waals surface area contributed by atoms with Crippen LogP contribution in [0.15, 0.2) is 12.1 Å². The van der Waals surface area contributed by atoms with Gasteiger partial charge in [0.25, 0.3) is 6.43 Å². The van der Waals surface area contributed by atoms with E-state index in [9.17, 15) is 22.4 Å². The molecule has 1 aliphatic heterocycles. The Labute approximate surface area is 185 Å². The third kappa shape index (κ3) is 5.80. The first kappa shape index (κ1) is 23.2. The number of ether oxygens (including phenoxy) is 1. The summed E-state index contributed by atoms with van der Waals surface area (Å²) in [6.45, 7) is -0.940. The van der Waals surface area contributed by atoms with E-state index in [0.717, 1.165) is 12.1 Å². The Balaban J connectivity index is 0.00000312. The normalized spacial score (nSPS) is 17.4. The van der Waals surface area contributed by atoms with Gasteiger partial charge in [-0.3, -0.25) is 4.79 Å². The van der Waals surface area contributed by atoms with Crippen LogP contribution in [0.4, 0.5) is 17.6 Å². The Kier molecular flexibility index (Phi) is 9.70. The number of nitrogens with zero attached hydrogens (tertiary/aromatic N) is 1. The molecule has 0 bridgehead atoms. The van der Waals surface area contributed by atoms with Gasteiger partial charge in [0, 0.05) is 32.7 Å². The summed E-state index contributed by atoms with van der Waals surface area (Å²) in [7, 11) is 0. The molecule has 3 nitrogen and oxygen atoms in total. The Hall–Kier alpha value is 0.134. The Morgan fingerprint density at radius 3 is 2.52 bits per heavy atom. The molecular weight excluding hydrogens is 550 g/mol. The molecule has 0 saturated heterocycles. The van der Waals surface area contributed by atoms with Crippen molar-refractivity contribution in [2.45, 2.75) is 16.8 Å². The summed E-state index contributed by atoms with van der Waals surface area (Å²) >= 11 is 3.12. The van der Waals surface area contributed by atoms with Crippen LogP contribution in [0.1, 0.15) is 12.0 Å². The maximum Gasteiger partial charge on any atom is 0.256 e. The third-order valence-electron chi connectivity index (χ3n) is 3.17. The summed E-state index contributed by atoms with van der Waals surface area (Å²) in [6, 6.07) is 1.93. The molecule has 25 heavy (non-hydrogen) atoms. The number of hydrogen-bond acceptors (Lipinski definition) is 3. The fourth-order valence-corrected chi connectivity index (χ4v) is 2.99. The molecule has 1 amide bonds. The summed E-state index contributed by atoms with van der Waals surface area (Å²) in [4.78, 5) is 12.8. The molecular formula is C15H13F4INO2SY-. The Bertz CT molecular complexity index is 639. The van der Waals surface area contributed by atoms with Crippen LogP contribution < -0.4 is 4.74 Å². The van der Waals surface area contributed by atoms with Crippen LogP contribution in [0.5, 0.6) is 5.75 Å². The summed E-state index contributed by atoms with van der Waals surface area (Å²) < 4.78 is 58.8. The van der Waals surface area contributed by atoms with E-state index in [1.165, 1.54) is 11.8 Å². The van der Waals surface area contributed by atoms with Crippen molar-refractivity contribution in [2.75, 3.05) is 18.7 Å². The maximum atomic E-state index is 14.3. The molecule has 0 saturated carbocycles. The van der Waals surface area contributed by atoms with E-state index in [4.69, 9.17) is 4.74 Å². The SMILES string of the molecule is CSCOc1cc(F)c(C2=[C-]CC(I)C(=O)N2CC(F)F)c(F)c1.[Y]. The first-order valence-electron chi connectivity index (χ1n) is 6.80. The van der Waals surface area contributed by atoms with E-state index in [0.29, 0.717) is 4.90 Å². The molecule has 0 N–H and O–H groups in total. The van der Waals surface area contributed by atoms with Crippen LogP contribution in [0.3, 0.4) is 0 Å². The van der Waals surface area contributed by atoms with Crippen molar-refractivity contribution in [3.05, 3.63) is 35.4 Å². The smallest absolute Gasteiger partial charge is 0.256 e. The van der Waals surface area contributed by atoms with Gasteiger partial charge in [-0.05, 0) is 18.4 Å². The molecule has 0 spiro atoms. The molecule has 1 heterocycles. The third-order valence-corrected chi connectivity index (χ3v) is 4.50. The first-order valence-corrected chi connectivity index (χ1v) is 9.44. The molecule has 1 aromatic rings. The van der Waals surface area contributed by atoms with Gasteiger partial charge < -0.3 is 9.64 Å². The molecule has 2 rings (SSSR count). The van der Waals surface area contributed by atoms with Crippen LogP contribution in [0, 0.1) is 17.7 Å². The van der Waals surface area contributed by atoms with E-state index in [1.54, 1.807) is 28.8 Å². The van der Waals surface area contributed by atoms with Crippen LogP contribution in [-0.4, -0.2) is 39.9 Å². The van der Waals surface area contributed by atoms with E-state index < -0.39 is 40.0 Å². The quantitative estimate of drug-likeness (QED) is 0.172. The van der Waals surface area contributed by atoms with Crippen LogP contribution in [0.2, 0.25) is 0 Å². The fourth-order valence-electron chi connectivity index (χ4n) is 2.18. The molecule has 0 fully saturated rings. The number of allylic oxidation sites excluding steroid dienone is 1. The summed E-state index contributed by atoms with van der Waals surface area (Å²) in [6.07, 6.45) is 1.70. The number of carbonyl (C=O) groups excluding carboxylic acids is 1. The van der Waals surface area contributed by atoms with Crippen molar-refractivity contribution < 1.29 is 59.8 Å². The van der Waals surface area contributed by atoms with Crippen molar-refractivity contribution in [3.8, 4) is 5.75 Å². The zero-order valence-electron chi connectivity index (χ0n) is 13.1. The molecule has 1 radical (unpaired) electrons. The van der Waals surface area contributed by atoms with E-state index in [-0.39, 0.29) is 56.5 Å². The van der Waals surface area contributed by atoms with Gasteiger partial charge in [-0.2, -0.15) is 0 Å². The second-order valence-corrected chi connectivity index (χ2v) is 7.17. The topological polar surface area (TPSA) is 29.5 Å². The van der Waals surface area contributed by atoms with Crippen molar-refractivity contribution >= 4 is 46.0 Å². The maximum absolute atomic E-state index is 14.3. The minimum absolute atomic E-state index is 0. The number of hydrogen-bond donors (Lipinski definition) is 0. The van der Waals surface area contributed by atoms with Gasteiger partial charge in [0.05, 0.1) is 22.1 Å². The van der Waals surface area contributed by atoms with Crippen molar-refractivity contribution in [1.29, 1.82) is 0 Å². The van der Waals surface area contributed by atoms with Gasteiger partial charge in [0.2, 0.25) is 5.91 Å². The zero-order valence-corrected chi connectivity index (χ0v) is 18.9. The standard InChI is InChI=1S/C15H13F4INO2S.Y/c1-24-7-23-8-4-9(16)14(10(17)5-8)12-3-2-11(20)15(22)21(12)6-13(18)19;/h4-5,11,13H,2,6-7H2,1H3;/q-1;. The summed E-state index contributed by atoms with van der Waals surface area (Å²) in [5, 5.41) is 0. The molecule has 1 unspecified atom stereocenters. The average Bonchev–Trinajstić information content (AvgIpc) is 2.51. The Morgan fingerprint density at radius 1 is 1.40 bits per heavy atom. The van der Waals surface area contributed by atoms with E-state index >= 15 is 0 Å². The van der Waals surface area contributed by atoms with Crippen LogP contribution in [0.25, 0.3) is 5.70 Å². The monoisotopic (exact) mass is 563 g/mol. The summed E-state index contributed by atoms with van der Waals surface area (Å²) in [5.74, 6) is -2.41. The van der Waals surface area contributed by atoms with E-state index in [2.05, 4.69) is 6.08 Å². The van der Waals surface area contributed by atoms with Crippen molar-refractivity contribution in [3.63, 3.8) is 0 Å². The minimum Gasteiger partial charge on any atom is -0.483 e. The van der Waals surface area contributed by atoms with Gasteiger partial charge in [0.15, 0.2) is 0 Å². The van der Waals surface area contributed by atoms with Crippen molar-refractivity contribution in [2.24, 2.45) is 0 Å². The van der Waals surface area contributed by atoms with Crippen LogP contribution >= 0.6 is 34.4 Å². The minimum atomic E-state index is -2.83. The Morgan fingerprint density at radius 2 is 2.00 bits per heavy atom. The van der Waals surface area contributed by atoms with Gasteiger partial charge in [-0.1, -0.05) is 34.6 Å². The van der Waals surface area contributed by atoms with Gasteiger partial charge in [-0.15, -0.1) is 17.5 Å².